The van der Waals surface area contributed by atoms with Crippen LogP contribution in [0.2, 0.25) is 0 Å². The van der Waals surface area contributed by atoms with Gasteiger partial charge in [-0.3, -0.25) is 14.5 Å². The molecule has 1 aromatic carbocycles. The van der Waals surface area contributed by atoms with Crippen molar-refractivity contribution in [1.29, 1.82) is 0 Å². The van der Waals surface area contributed by atoms with E-state index in [0.29, 0.717) is 23.8 Å². The van der Waals surface area contributed by atoms with Gasteiger partial charge in [0.25, 0.3) is 5.91 Å². The minimum absolute atomic E-state index is 0.0452. The summed E-state index contributed by atoms with van der Waals surface area (Å²) in [7, 11) is 0. The van der Waals surface area contributed by atoms with Crippen LogP contribution in [0.15, 0.2) is 43.1 Å². The predicted octanol–water partition coefficient (Wildman–Crippen LogP) is 3.67. The number of amides is 2. The van der Waals surface area contributed by atoms with Crippen molar-refractivity contribution in [3.05, 3.63) is 43.1 Å². The number of aromatic amines is 1. The summed E-state index contributed by atoms with van der Waals surface area (Å²) in [5.41, 5.74) is 1.27. The first-order chi connectivity index (χ1) is 13.2. The Labute approximate surface area is 170 Å². The van der Waals surface area contributed by atoms with E-state index in [1.54, 1.807) is 11.0 Å². The van der Waals surface area contributed by atoms with Crippen molar-refractivity contribution in [3.8, 4) is 0 Å². The van der Waals surface area contributed by atoms with Crippen LogP contribution in [0, 0.1) is 0 Å². The van der Waals surface area contributed by atoms with Crippen molar-refractivity contribution in [2.24, 2.45) is 0 Å². The van der Waals surface area contributed by atoms with E-state index in [-0.39, 0.29) is 23.8 Å². The Morgan fingerprint density at radius 3 is 2.79 bits per heavy atom. The molecule has 3 rings (SSSR count). The number of carbonyl (C=O) groups is 2. The molecule has 1 unspecified atom stereocenters. The minimum Gasteiger partial charge on any atom is -0.361 e. The fourth-order valence-corrected chi connectivity index (χ4v) is 4.10. The third-order valence-corrected chi connectivity index (χ3v) is 5.21. The summed E-state index contributed by atoms with van der Waals surface area (Å²) in [6.07, 6.45) is 4.31. The first-order valence-corrected chi connectivity index (χ1v) is 9.76. The summed E-state index contributed by atoms with van der Waals surface area (Å²) < 4.78 is 0. The lowest BCUT2D eigenvalue weighted by Crippen LogP contribution is -2.49. The van der Waals surface area contributed by atoms with Crippen LogP contribution in [0.1, 0.15) is 33.6 Å². The largest absolute Gasteiger partial charge is 0.361 e. The van der Waals surface area contributed by atoms with Crippen LogP contribution < -0.4 is 5.32 Å². The van der Waals surface area contributed by atoms with Crippen molar-refractivity contribution >= 4 is 45.7 Å². The van der Waals surface area contributed by atoms with Crippen molar-refractivity contribution in [1.82, 2.24) is 14.8 Å². The second-order valence-corrected chi connectivity index (χ2v) is 8.30. The van der Waals surface area contributed by atoms with Crippen LogP contribution in [0.3, 0.4) is 0 Å². The van der Waals surface area contributed by atoms with E-state index >= 15 is 0 Å². The molecule has 2 N–H and O–H groups in total. The van der Waals surface area contributed by atoms with Crippen molar-refractivity contribution in [2.45, 2.75) is 45.2 Å². The number of carbonyl (C=O) groups excluding carboxylic acids is 2. The Hall–Kier alpha value is -2.67. The van der Waals surface area contributed by atoms with Gasteiger partial charge in [-0.05, 0) is 63.0 Å². The SMILES string of the molecule is C=CCCN1C(=O)C(CC(=O)Nc2ccc3cc[nH]c3c2)N(C(C)(C)C)C1=S. The molecule has 0 radical (unpaired) electrons. The van der Waals surface area contributed by atoms with Crippen LogP contribution in [0.5, 0.6) is 0 Å². The van der Waals surface area contributed by atoms with E-state index in [2.05, 4.69) is 16.9 Å². The zero-order valence-electron chi connectivity index (χ0n) is 16.5. The van der Waals surface area contributed by atoms with Gasteiger partial charge in [0.1, 0.15) is 6.04 Å². The number of H-pyrrole nitrogens is 1. The van der Waals surface area contributed by atoms with Gasteiger partial charge in [0.2, 0.25) is 5.91 Å². The Balaban J connectivity index is 1.77. The molecule has 28 heavy (non-hydrogen) atoms. The number of benzene rings is 1. The first kappa shape index (κ1) is 20.1. The van der Waals surface area contributed by atoms with E-state index in [9.17, 15) is 9.59 Å². The Morgan fingerprint density at radius 2 is 2.11 bits per heavy atom. The average Bonchev–Trinajstić information content (AvgIpc) is 3.16. The number of thiocarbonyl (C=S) groups is 1. The number of fused-ring (bicyclic) bond motifs is 1. The van der Waals surface area contributed by atoms with Crippen LogP contribution in [-0.4, -0.2) is 49.8 Å². The Morgan fingerprint density at radius 1 is 1.36 bits per heavy atom. The summed E-state index contributed by atoms with van der Waals surface area (Å²) >= 11 is 5.56. The lowest BCUT2D eigenvalue weighted by Gasteiger charge is -2.36. The number of rotatable bonds is 6. The highest BCUT2D eigenvalue weighted by Gasteiger charge is 2.47. The van der Waals surface area contributed by atoms with E-state index in [4.69, 9.17) is 12.2 Å². The fourth-order valence-electron chi connectivity index (χ4n) is 3.52. The molecule has 7 heteroatoms. The van der Waals surface area contributed by atoms with Gasteiger partial charge in [-0.2, -0.15) is 0 Å². The molecule has 6 nitrogen and oxygen atoms in total. The van der Waals surface area contributed by atoms with E-state index in [1.165, 1.54) is 0 Å². The highest BCUT2D eigenvalue weighted by molar-refractivity contribution is 7.80. The van der Waals surface area contributed by atoms with Gasteiger partial charge in [0, 0.05) is 29.5 Å². The third-order valence-electron chi connectivity index (χ3n) is 4.80. The third kappa shape index (κ3) is 3.94. The summed E-state index contributed by atoms with van der Waals surface area (Å²) in [6, 6.07) is 7.04. The normalized spacial score (nSPS) is 17.5. The number of hydrogen-bond donors (Lipinski definition) is 2. The topological polar surface area (TPSA) is 68.4 Å². The van der Waals surface area contributed by atoms with Crippen molar-refractivity contribution in [2.75, 3.05) is 11.9 Å². The molecule has 0 spiro atoms. The number of nitrogens with zero attached hydrogens (tertiary/aromatic N) is 2. The van der Waals surface area contributed by atoms with Gasteiger partial charge < -0.3 is 15.2 Å². The molecule has 2 heterocycles. The molecule has 1 aromatic heterocycles. The maximum atomic E-state index is 13.0. The standard InChI is InChI=1S/C21H26N4O2S/c1-5-6-11-24-19(27)17(25(20(24)28)21(2,3)4)13-18(26)23-15-8-7-14-9-10-22-16(14)12-15/h5,7-10,12,17,22H,1,6,11,13H2,2-4H3,(H,23,26). The summed E-state index contributed by atoms with van der Waals surface area (Å²) in [5, 5.41) is 4.45. The van der Waals surface area contributed by atoms with Crippen LogP contribution >= 0.6 is 12.2 Å². The Bertz CT molecular complexity index is 928. The number of anilines is 1. The summed E-state index contributed by atoms with van der Waals surface area (Å²) in [4.78, 5) is 32.3. The molecule has 148 valence electrons. The number of hydrogen-bond acceptors (Lipinski definition) is 3. The first-order valence-electron chi connectivity index (χ1n) is 9.35. The van der Waals surface area contributed by atoms with Gasteiger partial charge in [-0.1, -0.05) is 12.1 Å². The van der Waals surface area contributed by atoms with Gasteiger partial charge in [-0.25, -0.2) is 0 Å². The molecular weight excluding hydrogens is 372 g/mol. The van der Waals surface area contributed by atoms with Gasteiger partial charge in [0.15, 0.2) is 5.11 Å². The molecule has 1 aliphatic rings. The van der Waals surface area contributed by atoms with Crippen LogP contribution in [-0.2, 0) is 9.59 Å². The van der Waals surface area contributed by atoms with Crippen molar-refractivity contribution in [3.63, 3.8) is 0 Å². The fraction of sp³-hybridized carbons (Fsp3) is 0.381. The average molecular weight is 399 g/mol. The second kappa shape index (κ2) is 7.75. The molecule has 2 aromatic rings. The molecule has 1 fully saturated rings. The second-order valence-electron chi connectivity index (χ2n) is 7.94. The maximum Gasteiger partial charge on any atom is 0.252 e. The molecule has 1 saturated heterocycles. The minimum atomic E-state index is -0.605. The van der Waals surface area contributed by atoms with E-state index < -0.39 is 6.04 Å². The maximum absolute atomic E-state index is 13.0. The monoisotopic (exact) mass is 398 g/mol. The zero-order chi connectivity index (χ0) is 20.5. The predicted molar refractivity (Wildman–Crippen MR) is 116 cm³/mol. The molecule has 1 atom stereocenters. The molecule has 0 bridgehead atoms. The molecule has 0 aliphatic carbocycles. The molecule has 2 amide bonds. The number of aromatic nitrogens is 1. The smallest absolute Gasteiger partial charge is 0.252 e. The van der Waals surface area contributed by atoms with E-state index in [0.717, 1.165) is 10.9 Å². The van der Waals surface area contributed by atoms with Gasteiger partial charge >= 0.3 is 0 Å². The highest BCUT2D eigenvalue weighted by Crippen LogP contribution is 2.29. The van der Waals surface area contributed by atoms with Crippen LogP contribution in [0.4, 0.5) is 5.69 Å². The van der Waals surface area contributed by atoms with Crippen LogP contribution in [0.25, 0.3) is 10.9 Å². The van der Waals surface area contributed by atoms with Gasteiger partial charge in [-0.15, -0.1) is 6.58 Å². The van der Waals surface area contributed by atoms with Gasteiger partial charge in [0.05, 0.1) is 6.42 Å². The number of nitrogens with one attached hydrogen (secondary N) is 2. The molecule has 0 saturated carbocycles. The van der Waals surface area contributed by atoms with Crippen molar-refractivity contribution < 1.29 is 9.59 Å². The molecule has 1 aliphatic heterocycles. The quantitative estimate of drug-likeness (QED) is 0.575. The van der Waals surface area contributed by atoms with E-state index in [1.807, 2.05) is 56.1 Å². The lowest BCUT2D eigenvalue weighted by molar-refractivity contribution is -0.131. The summed E-state index contributed by atoms with van der Waals surface area (Å²) in [5.74, 6) is -0.344. The molecular formula is C21H26N4O2S. The zero-order valence-corrected chi connectivity index (χ0v) is 17.3. The summed E-state index contributed by atoms with van der Waals surface area (Å²) in [6.45, 7) is 10.2. The highest BCUT2D eigenvalue weighted by atomic mass is 32.1. The Kier molecular flexibility index (Phi) is 5.56. The lowest BCUT2D eigenvalue weighted by atomic mass is 10.0.